The SMILES string of the molecule is CS(=O)(=O)CCN1CCC[C@@H]1[C@H]1CCCc2ccccc21. The molecule has 1 aliphatic heterocycles. The number of fused-ring (bicyclic) bond motifs is 1. The summed E-state index contributed by atoms with van der Waals surface area (Å²) in [6, 6.07) is 9.36. The van der Waals surface area contributed by atoms with E-state index in [1.165, 1.54) is 49.5 Å². The second-order valence-electron chi connectivity index (χ2n) is 6.57. The van der Waals surface area contributed by atoms with Crippen molar-refractivity contribution in [1.29, 1.82) is 0 Å². The summed E-state index contributed by atoms with van der Waals surface area (Å²) >= 11 is 0. The van der Waals surface area contributed by atoms with Gasteiger partial charge in [-0.05, 0) is 55.7 Å². The molecule has 3 nitrogen and oxygen atoms in total. The van der Waals surface area contributed by atoms with Gasteiger partial charge >= 0.3 is 0 Å². The molecule has 0 amide bonds. The minimum Gasteiger partial charge on any atom is -0.299 e. The van der Waals surface area contributed by atoms with Gasteiger partial charge in [0.25, 0.3) is 0 Å². The standard InChI is InChI=1S/C17H25NO2S/c1-21(19,20)13-12-18-11-5-10-17(18)16-9-4-7-14-6-2-3-8-15(14)16/h2-3,6,8,16-17H,4-5,7,9-13H2,1H3/t16-,17+/m0/s1. The average Bonchev–Trinajstić information content (AvgIpc) is 2.92. The van der Waals surface area contributed by atoms with Crippen LogP contribution in [-0.4, -0.2) is 44.5 Å². The zero-order valence-corrected chi connectivity index (χ0v) is 13.6. The summed E-state index contributed by atoms with van der Waals surface area (Å²) in [6.45, 7) is 1.75. The van der Waals surface area contributed by atoms with E-state index in [4.69, 9.17) is 0 Å². The normalized spacial score (nSPS) is 26.7. The fourth-order valence-corrected chi connectivity index (χ4v) is 4.63. The third-order valence-electron chi connectivity index (χ3n) is 5.04. The van der Waals surface area contributed by atoms with Crippen LogP contribution < -0.4 is 0 Å². The van der Waals surface area contributed by atoms with Gasteiger partial charge in [-0.25, -0.2) is 8.42 Å². The molecule has 0 unspecified atom stereocenters. The van der Waals surface area contributed by atoms with Crippen LogP contribution in [0, 0.1) is 0 Å². The minimum atomic E-state index is -2.87. The van der Waals surface area contributed by atoms with E-state index in [1.807, 2.05) is 0 Å². The second-order valence-corrected chi connectivity index (χ2v) is 8.83. The quantitative estimate of drug-likeness (QED) is 0.858. The van der Waals surface area contributed by atoms with Crippen molar-refractivity contribution in [1.82, 2.24) is 4.90 Å². The van der Waals surface area contributed by atoms with Crippen LogP contribution in [-0.2, 0) is 16.3 Å². The number of rotatable bonds is 4. The topological polar surface area (TPSA) is 37.4 Å². The molecule has 2 aliphatic rings. The number of benzene rings is 1. The highest BCUT2D eigenvalue weighted by Crippen LogP contribution is 2.39. The molecule has 0 saturated carbocycles. The van der Waals surface area contributed by atoms with Crippen LogP contribution in [0.25, 0.3) is 0 Å². The number of aryl methyl sites for hydroxylation is 1. The van der Waals surface area contributed by atoms with Gasteiger partial charge in [0, 0.05) is 18.8 Å². The number of hydrogen-bond acceptors (Lipinski definition) is 3. The highest BCUT2D eigenvalue weighted by atomic mass is 32.2. The van der Waals surface area contributed by atoms with Crippen molar-refractivity contribution in [3.63, 3.8) is 0 Å². The Labute approximate surface area is 128 Å². The fourth-order valence-electron chi connectivity index (χ4n) is 4.06. The predicted octanol–water partition coefficient (Wildman–Crippen LogP) is 2.62. The molecule has 3 rings (SSSR count). The Morgan fingerprint density at radius 1 is 1.19 bits per heavy atom. The fraction of sp³-hybridized carbons (Fsp3) is 0.647. The summed E-state index contributed by atoms with van der Waals surface area (Å²) in [4.78, 5) is 2.42. The molecule has 1 saturated heterocycles. The van der Waals surface area contributed by atoms with Gasteiger partial charge in [-0.1, -0.05) is 24.3 Å². The first kappa shape index (κ1) is 15.0. The average molecular weight is 307 g/mol. The summed E-state index contributed by atoms with van der Waals surface area (Å²) < 4.78 is 22.9. The number of likely N-dealkylation sites (tertiary alicyclic amines) is 1. The van der Waals surface area contributed by atoms with Crippen molar-refractivity contribution in [3.05, 3.63) is 35.4 Å². The number of hydrogen-bond donors (Lipinski definition) is 0. The first-order chi connectivity index (χ1) is 10.0. The van der Waals surface area contributed by atoms with Crippen LogP contribution in [0.5, 0.6) is 0 Å². The van der Waals surface area contributed by atoms with Crippen molar-refractivity contribution in [2.45, 2.75) is 44.1 Å². The monoisotopic (exact) mass is 307 g/mol. The van der Waals surface area contributed by atoms with Gasteiger partial charge in [0.2, 0.25) is 0 Å². The maximum absolute atomic E-state index is 11.4. The van der Waals surface area contributed by atoms with Gasteiger partial charge in [-0.2, -0.15) is 0 Å². The van der Waals surface area contributed by atoms with E-state index in [-0.39, 0.29) is 5.75 Å². The molecular formula is C17H25NO2S. The van der Waals surface area contributed by atoms with Crippen LogP contribution in [0.2, 0.25) is 0 Å². The Bertz CT molecular complexity index is 597. The summed E-state index contributed by atoms with van der Waals surface area (Å²) in [5, 5.41) is 0. The molecule has 1 fully saturated rings. The zero-order valence-electron chi connectivity index (χ0n) is 12.8. The first-order valence-corrected chi connectivity index (χ1v) is 10.1. The van der Waals surface area contributed by atoms with Gasteiger partial charge in [0.15, 0.2) is 0 Å². The van der Waals surface area contributed by atoms with E-state index < -0.39 is 9.84 Å². The smallest absolute Gasteiger partial charge is 0.148 e. The van der Waals surface area contributed by atoms with E-state index in [1.54, 1.807) is 0 Å². The van der Waals surface area contributed by atoms with Gasteiger partial charge in [0.05, 0.1) is 5.75 Å². The lowest BCUT2D eigenvalue weighted by Gasteiger charge is -2.35. The third-order valence-corrected chi connectivity index (χ3v) is 5.97. The van der Waals surface area contributed by atoms with E-state index in [0.29, 0.717) is 18.5 Å². The molecule has 1 aromatic carbocycles. The molecule has 116 valence electrons. The summed E-state index contributed by atoms with van der Waals surface area (Å²) in [7, 11) is -2.87. The largest absolute Gasteiger partial charge is 0.299 e. The Balaban J connectivity index is 1.77. The van der Waals surface area contributed by atoms with Crippen LogP contribution in [0.3, 0.4) is 0 Å². The highest BCUT2D eigenvalue weighted by Gasteiger charge is 2.34. The van der Waals surface area contributed by atoms with Crippen LogP contribution in [0.1, 0.15) is 42.7 Å². The molecule has 1 aliphatic carbocycles. The number of sulfone groups is 1. The van der Waals surface area contributed by atoms with Crippen molar-refractivity contribution in [2.75, 3.05) is 25.1 Å². The van der Waals surface area contributed by atoms with E-state index in [2.05, 4.69) is 29.2 Å². The minimum absolute atomic E-state index is 0.290. The first-order valence-electron chi connectivity index (χ1n) is 8.04. The summed E-state index contributed by atoms with van der Waals surface area (Å²) in [5.41, 5.74) is 3.02. The lowest BCUT2D eigenvalue weighted by atomic mass is 9.78. The molecular weight excluding hydrogens is 282 g/mol. The number of nitrogens with zero attached hydrogens (tertiary/aromatic N) is 1. The van der Waals surface area contributed by atoms with Gasteiger partial charge in [-0.3, -0.25) is 4.90 Å². The molecule has 1 heterocycles. The van der Waals surface area contributed by atoms with Crippen molar-refractivity contribution in [3.8, 4) is 0 Å². The summed E-state index contributed by atoms with van der Waals surface area (Å²) in [6.07, 6.45) is 7.46. The molecule has 2 atom stereocenters. The maximum Gasteiger partial charge on any atom is 0.148 e. The Kier molecular flexibility index (Phi) is 4.36. The molecule has 21 heavy (non-hydrogen) atoms. The Morgan fingerprint density at radius 2 is 2.00 bits per heavy atom. The van der Waals surface area contributed by atoms with Crippen LogP contribution in [0.4, 0.5) is 0 Å². The Hall–Kier alpha value is -0.870. The molecule has 1 aromatic rings. The van der Waals surface area contributed by atoms with Crippen molar-refractivity contribution >= 4 is 9.84 Å². The zero-order chi connectivity index (χ0) is 14.9. The van der Waals surface area contributed by atoms with E-state index in [9.17, 15) is 8.42 Å². The van der Waals surface area contributed by atoms with Gasteiger partial charge < -0.3 is 0 Å². The van der Waals surface area contributed by atoms with E-state index >= 15 is 0 Å². The molecule has 0 radical (unpaired) electrons. The van der Waals surface area contributed by atoms with Crippen molar-refractivity contribution in [2.24, 2.45) is 0 Å². The molecule has 0 spiro atoms. The van der Waals surface area contributed by atoms with E-state index in [0.717, 1.165) is 6.54 Å². The third kappa shape index (κ3) is 3.49. The molecule has 0 N–H and O–H groups in total. The second kappa shape index (κ2) is 6.09. The van der Waals surface area contributed by atoms with Crippen molar-refractivity contribution < 1.29 is 8.42 Å². The lowest BCUT2D eigenvalue weighted by Crippen LogP contribution is -2.38. The molecule has 4 heteroatoms. The lowest BCUT2D eigenvalue weighted by molar-refractivity contribution is 0.223. The predicted molar refractivity (Wildman–Crippen MR) is 86.4 cm³/mol. The van der Waals surface area contributed by atoms with Gasteiger partial charge in [-0.15, -0.1) is 0 Å². The van der Waals surface area contributed by atoms with Gasteiger partial charge in [0.1, 0.15) is 9.84 Å². The molecule has 0 aromatic heterocycles. The molecule has 0 bridgehead atoms. The summed E-state index contributed by atoms with van der Waals surface area (Å²) in [5.74, 6) is 0.884. The Morgan fingerprint density at radius 3 is 2.81 bits per heavy atom. The highest BCUT2D eigenvalue weighted by molar-refractivity contribution is 7.90. The van der Waals surface area contributed by atoms with Crippen LogP contribution >= 0.6 is 0 Å². The van der Waals surface area contributed by atoms with Crippen LogP contribution in [0.15, 0.2) is 24.3 Å². The maximum atomic E-state index is 11.4.